The average molecular weight is 311 g/mol. The van der Waals surface area contributed by atoms with Gasteiger partial charge in [0.1, 0.15) is 5.82 Å². The Labute approximate surface area is 127 Å². The van der Waals surface area contributed by atoms with E-state index in [9.17, 15) is 9.18 Å². The molecule has 1 aliphatic heterocycles. The van der Waals surface area contributed by atoms with Crippen LogP contribution in [0.1, 0.15) is 27.3 Å². The van der Waals surface area contributed by atoms with Crippen molar-refractivity contribution in [2.75, 3.05) is 11.9 Å². The van der Waals surface area contributed by atoms with Crippen molar-refractivity contribution in [2.24, 2.45) is 0 Å². The van der Waals surface area contributed by atoms with Crippen LogP contribution in [-0.2, 0) is 13.0 Å². The molecule has 1 aromatic heterocycles. The molecule has 3 N–H and O–H groups in total. The van der Waals surface area contributed by atoms with Crippen molar-refractivity contribution >= 4 is 24.0 Å². The lowest BCUT2D eigenvalue weighted by atomic mass is 10.1. The van der Waals surface area contributed by atoms with Gasteiger partial charge in [-0.2, -0.15) is 5.10 Å². The van der Waals surface area contributed by atoms with E-state index in [0.29, 0.717) is 23.5 Å². The number of anilines is 1. The van der Waals surface area contributed by atoms with Crippen molar-refractivity contribution < 1.29 is 9.18 Å². The molecule has 0 bridgehead atoms. The van der Waals surface area contributed by atoms with Crippen molar-refractivity contribution in [3.05, 3.63) is 46.5 Å². The summed E-state index contributed by atoms with van der Waals surface area (Å²) >= 11 is 0. The molecule has 1 aromatic carbocycles. The summed E-state index contributed by atoms with van der Waals surface area (Å²) in [6, 6.07) is 4.61. The highest BCUT2D eigenvalue weighted by Crippen LogP contribution is 2.20. The van der Waals surface area contributed by atoms with Gasteiger partial charge in [0, 0.05) is 42.0 Å². The number of rotatable bonds is 2. The Bertz CT molecular complexity index is 671. The number of aromatic amines is 1. The van der Waals surface area contributed by atoms with Crippen molar-refractivity contribution in [3.8, 4) is 0 Å². The summed E-state index contributed by atoms with van der Waals surface area (Å²) in [5.41, 5.74) is 3.14. The highest BCUT2D eigenvalue weighted by Gasteiger charge is 2.22. The van der Waals surface area contributed by atoms with Crippen LogP contribution in [0, 0.1) is 12.7 Å². The van der Waals surface area contributed by atoms with Crippen LogP contribution in [0.5, 0.6) is 0 Å². The molecule has 1 amide bonds. The van der Waals surface area contributed by atoms with E-state index < -0.39 is 0 Å². The lowest BCUT2D eigenvalue weighted by Crippen LogP contribution is -2.25. The normalized spacial score (nSPS) is 13.2. The van der Waals surface area contributed by atoms with Crippen LogP contribution in [0.15, 0.2) is 18.2 Å². The fourth-order valence-corrected chi connectivity index (χ4v) is 2.34. The van der Waals surface area contributed by atoms with E-state index in [2.05, 4.69) is 20.8 Å². The zero-order valence-corrected chi connectivity index (χ0v) is 12.3. The summed E-state index contributed by atoms with van der Waals surface area (Å²) in [6.07, 6.45) is 0.828. The minimum atomic E-state index is -0.339. The number of H-pyrrole nitrogens is 1. The van der Waals surface area contributed by atoms with Gasteiger partial charge in [0.05, 0.1) is 0 Å². The van der Waals surface area contributed by atoms with Crippen molar-refractivity contribution in [2.45, 2.75) is 19.9 Å². The molecule has 0 atom stereocenters. The summed E-state index contributed by atoms with van der Waals surface area (Å²) in [4.78, 5) is 12.3. The molecule has 0 aliphatic carbocycles. The number of carbonyl (C=O) groups excluding carboxylic acids is 1. The van der Waals surface area contributed by atoms with Crippen molar-refractivity contribution in [3.63, 3.8) is 0 Å². The Hall–Kier alpha value is -1.92. The number of fused-ring (bicyclic) bond motifs is 1. The molecule has 2 heterocycles. The largest absolute Gasteiger partial charge is 0.320 e. The Morgan fingerprint density at radius 2 is 2.24 bits per heavy atom. The third-order valence-corrected chi connectivity index (χ3v) is 3.54. The van der Waals surface area contributed by atoms with Gasteiger partial charge in [0.2, 0.25) is 0 Å². The Kier molecular flexibility index (Phi) is 4.59. The highest BCUT2D eigenvalue weighted by molar-refractivity contribution is 6.04. The predicted molar refractivity (Wildman–Crippen MR) is 80.3 cm³/mol. The number of carbonyl (C=O) groups is 1. The third kappa shape index (κ3) is 2.91. The van der Waals surface area contributed by atoms with Gasteiger partial charge in [0.15, 0.2) is 5.69 Å². The average Bonchev–Trinajstić information content (AvgIpc) is 2.88. The maximum Gasteiger partial charge on any atom is 0.276 e. The lowest BCUT2D eigenvalue weighted by Gasteiger charge is -2.13. The van der Waals surface area contributed by atoms with Crippen LogP contribution in [0.4, 0.5) is 10.1 Å². The molecule has 0 fully saturated rings. The zero-order chi connectivity index (χ0) is 14.1. The standard InChI is InChI=1S/C14H15FN4O.ClH/c1-8-10(15)3-2-4-11(8)17-14(20)13-9-7-16-6-5-12(9)18-19-13;/h2-4,16H,5-7H2,1H3,(H,17,20)(H,18,19);1H. The molecule has 0 saturated carbocycles. The quantitative estimate of drug-likeness (QED) is 0.796. The van der Waals surface area contributed by atoms with Crippen molar-refractivity contribution in [1.82, 2.24) is 15.5 Å². The number of aromatic nitrogens is 2. The lowest BCUT2D eigenvalue weighted by molar-refractivity contribution is 0.102. The fourth-order valence-electron chi connectivity index (χ4n) is 2.34. The SMILES string of the molecule is Cc1c(F)cccc1NC(=O)c1n[nH]c2c1CNCC2.Cl. The second-order valence-electron chi connectivity index (χ2n) is 4.82. The zero-order valence-electron chi connectivity index (χ0n) is 11.5. The molecule has 112 valence electrons. The topological polar surface area (TPSA) is 69.8 Å². The molecular weight excluding hydrogens is 295 g/mol. The van der Waals surface area contributed by atoms with Gasteiger partial charge < -0.3 is 10.6 Å². The van der Waals surface area contributed by atoms with E-state index >= 15 is 0 Å². The summed E-state index contributed by atoms with van der Waals surface area (Å²) < 4.78 is 13.5. The molecular formula is C14H16ClFN4O. The maximum atomic E-state index is 13.5. The van der Waals surface area contributed by atoms with Crippen molar-refractivity contribution in [1.29, 1.82) is 0 Å². The minimum absolute atomic E-state index is 0. The van der Waals surface area contributed by atoms with E-state index in [1.807, 2.05) is 0 Å². The van der Waals surface area contributed by atoms with Gasteiger partial charge in [-0.05, 0) is 19.1 Å². The van der Waals surface area contributed by atoms with Gasteiger partial charge in [0.25, 0.3) is 5.91 Å². The predicted octanol–water partition coefficient (Wildman–Crippen LogP) is 2.18. The van der Waals surface area contributed by atoms with Crippen LogP contribution in [-0.4, -0.2) is 22.6 Å². The number of hydrogen-bond donors (Lipinski definition) is 3. The molecule has 2 aromatic rings. The monoisotopic (exact) mass is 310 g/mol. The van der Waals surface area contributed by atoms with E-state index in [4.69, 9.17) is 0 Å². The first-order valence-corrected chi connectivity index (χ1v) is 6.50. The molecule has 0 radical (unpaired) electrons. The molecule has 5 nitrogen and oxygen atoms in total. The van der Waals surface area contributed by atoms with E-state index in [-0.39, 0.29) is 24.1 Å². The first kappa shape index (κ1) is 15.5. The first-order valence-electron chi connectivity index (χ1n) is 6.50. The number of nitrogens with one attached hydrogen (secondary N) is 3. The van der Waals surface area contributed by atoms with Gasteiger partial charge >= 0.3 is 0 Å². The third-order valence-electron chi connectivity index (χ3n) is 3.54. The molecule has 0 saturated heterocycles. The van der Waals surface area contributed by atoms with Gasteiger partial charge in [-0.3, -0.25) is 9.89 Å². The summed E-state index contributed by atoms with van der Waals surface area (Å²) in [5, 5.41) is 12.9. The number of halogens is 2. The summed E-state index contributed by atoms with van der Waals surface area (Å²) in [7, 11) is 0. The summed E-state index contributed by atoms with van der Waals surface area (Å²) in [6.45, 7) is 3.13. The van der Waals surface area contributed by atoms with Crippen LogP contribution < -0.4 is 10.6 Å². The van der Waals surface area contributed by atoms with Crippen LogP contribution in [0.2, 0.25) is 0 Å². The summed E-state index contributed by atoms with van der Waals surface area (Å²) in [5.74, 6) is -0.659. The van der Waals surface area contributed by atoms with E-state index in [1.165, 1.54) is 6.07 Å². The minimum Gasteiger partial charge on any atom is -0.320 e. The molecule has 1 aliphatic rings. The van der Waals surface area contributed by atoms with Gasteiger partial charge in [-0.15, -0.1) is 12.4 Å². The second kappa shape index (κ2) is 6.24. The van der Waals surface area contributed by atoms with Crippen LogP contribution >= 0.6 is 12.4 Å². The highest BCUT2D eigenvalue weighted by atomic mass is 35.5. The molecule has 3 rings (SSSR count). The molecule has 7 heteroatoms. The molecule has 0 unspecified atom stereocenters. The van der Waals surface area contributed by atoms with Gasteiger partial charge in [-0.1, -0.05) is 6.07 Å². The first-order chi connectivity index (χ1) is 9.66. The van der Waals surface area contributed by atoms with Crippen LogP contribution in [0.3, 0.4) is 0 Å². The van der Waals surface area contributed by atoms with Crippen LogP contribution in [0.25, 0.3) is 0 Å². The maximum absolute atomic E-state index is 13.5. The molecule has 0 spiro atoms. The number of benzene rings is 1. The van der Waals surface area contributed by atoms with E-state index in [1.54, 1.807) is 19.1 Å². The number of nitrogens with zero attached hydrogens (tertiary/aromatic N) is 1. The smallest absolute Gasteiger partial charge is 0.276 e. The Balaban J connectivity index is 0.00000161. The van der Waals surface area contributed by atoms with Gasteiger partial charge in [-0.25, -0.2) is 4.39 Å². The van der Waals surface area contributed by atoms with E-state index in [0.717, 1.165) is 24.2 Å². The number of hydrogen-bond acceptors (Lipinski definition) is 3. The Morgan fingerprint density at radius 1 is 1.43 bits per heavy atom. The fraction of sp³-hybridized carbons (Fsp3) is 0.286. The molecule has 21 heavy (non-hydrogen) atoms. The second-order valence-corrected chi connectivity index (χ2v) is 4.82. The number of amides is 1. The Morgan fingerprint density at radius 3 is 3.05 bits per heavy atom.